The number of piperidine rings is 1. The van der Waals surface area contributed by atoms with Gasteiger partial charge in [0.25, 0.3) is 5.91 Å². The van der Waals surface area contributed by atoms with E-state index in [4.69, 9.17) is 0 Å². The molecular formula is C16H20N2O. The fourth-order valence-electron chi connectivity index (χ4n) is 3.16. The second kappa shape index (κ2) is 4.72. The molecule has 19 heavy (non-hydrogen) atoms. The number of carbonyl (C=O) groups is 1. The first-order chi connectivity index (χ1) is 9.16. The number of rotatable bonds is 1. The Morgan fingerprint density at radius 3 is 2.68 bits per heavy atom. The molecule has 2 atom stereocenters. The average Bonchev–Trinajstić information content (AvgIpc) is 2.85. The third kappa shape index (κ3) is 2.14. The molecule has 1 saturated heterocycles. The molecule has 0 spiro atoms. The summed E-state index contributed by atoms with van der Waals surface area (Å²) in [7, 11) is 0. The van der Waals surface area contributed by atoms with Gasteiger partial charge in [-0.25, -0.2) is 0 Å². The molecule has 0 saturated carbocycles. The van der Waals surface area contributed by atoms with Gasteiger partial charge in [0.15, 0.2) is 0 Å². The molecule has 1 aromatic heterocycles. The van der Waals surface area contributed by atoms with E-state index < -0.39 is 0 Å². The van der Waals surface area contributed by atoms with E-state index in [2.05, 4.69) is 23.7 Å². The number of H-pyrrole nitrogens is 1. The van der Waals surface area contributed by atoms with Crippen LogP contribution in [0.3, 0.4) is 0 Å². The molecule has 0 radical (unpaired) electrons. The molecule has 0 aliphatic carbocycles. The number of nitrogens with one attached hydrogen (secondary N) is 1. The van der Waals surface area contributed by atoms with Gasteiger partial charge in [0.05, 0.1) is 0 Å². The zero-order valence-corrected chi connectivity index (χ0v) is 11.5. The summed E-state index contributed by atoms with van der Waals surface area (Å²) in [4.78, 5) is 17.9. The van der Waals surface area contributed by atoms with Crippen LogP contribution in [-0.4, -0.2) is 27.9 Å². The molecule has 1 amide bonds. The van der Waals surface area contributed by atoms with Crippen LogP contribution in [0, 0.1) is 0 Å². The molecule has 3 rings (SSSR count). The Bertz CT molecular complexity index is 592. The first-order valence-electron chi connectivity index (χ1n) is 7.06. The summed E-state index contributed by atoms with van der Waals surface area (Å²) in [6.45, 7) is 4.31. The zero-order valence-electron chi connectivity index (χ0n) is 11.5. The molecule has 1 N–H and O–H groups in total. The van der Waals surface area contributed by atoms with Crippen molar-refractivity contribution in [1.82, 2.24) is 9.88 Å². The highest BCUT2D eigenvalue weighted by Gasteiger charge is 2.29. The van der Waals surface area contributed by atoms with E-state index in [0.29, 0.717) is 12.1 Å². The fraction of sp³-hybridized carbons (Fsp3) is 0.438. The maximum absolute atomic E-state index is 12.7. The van der Waals surface area contributed by atoms with Crippen LogP contribution in [0.2, 0.25) is 0 Å². The lowest BCUT2D eigenvalue weighted by Crippen LogP contribution is -2.47. The van der Waals surface area contributed by atoms with E-state index in [1.165, 1.54) is 6.42 Å². The second-order valence-corrected chi connectivity index (χ2v) is 5.62. The van der Waals surface area contributed by atoms with Crippen LogP contribution >= 0.6 is 0 Å². The Balaban J connectivity index is 1.93. The van der Waals surface area contributed by atoms with Crippen molar-refractivity contribution in [2.75, 3.05) is 0 Å². The number of hydrogen-bond donors (Lipinski definition) is 1. The molecule has 1 aliphatic heterocycles. The van der Waals surface area contributed by atoms with Gasteiger partial charge in [-0.2, -0.15) is 0 Å². The maximum atomic E-state index is 12.7. The van der Waals surface area contributed by atoms with E-state index in [9.17, 15) is 4.79 Å². The van der Waals surface area contributed by atoms with Crippen molar-refractivity contribution < 1.29 is 4.79 Å². The summed E-state index contributed by atoms with van der Waals surface area (Å²) in [5.41, 5.74) is 1.88. The van der Waals surface area contributed by atoms with Crippen molar-refractivity contribution in [2.45, 2.75) is 45.2 Å². The Hall–Kier alpha value is -1.77. The van der Waals surface area contributed by atoms with Gasteiger partial charge in [-0.15, -0.1) is 0 Å². The van der Waals surface area contributed by atoms with Crippen molar-refractivity contribution in [3.8, 4) is 0 Å². The molecule has 0 bridgehead atoms. The van der Waals surface area contributed by atoms with Crippen LogP contribution in [0.25, 0.3) is 10.9 Å². The van der Waals surface area contributed by atoms with Gasteiger partial charge in [-0.1, -0.05) is 0 Å². The van der Waals surface area contributed by atoms with Gasteiger partial charge >= 0.3 is 0 Å². The topological polar surface area (TPSA) is 36.1 Å². The van der Waals surface area contributed by atoms with Crippen LogP contribution in [0.4, 0.5) is 0 Å². The number of benzene rings is 1. The largest absolute Gasteiger partial charge is 0.361 e. The predicted molar refractivity (Wildman–Crippen MR) is 77.2 cm³/mol. The minimum Gasteiger partial charge on any atom is -0.361 e. The summed E-state index contributed by atoms with van der Waals surface area (Å²) < 4.78 is 0. The summed E-state index contributed by atoms with van der Waals surface area (Å²) >= 11 is 0. The second-order valence-electron chi connectivity index (χ2n) is 5.62. The van der Waals surface area contributed by atoms with E-state index in [1.54, 1.807) is 0 Å². The highest BCUT2D eigenvalue weighted by atomic mass is 16.2. The lowest BCUT2D eigenvalue weighted by molar-refractivity contribution is 0.0511. The number of aromatic amines is 1. The van der Waals surface area contributed by atoms with Crippen molar-refractivity contribution >= 4 is 16.8 Å². The van der Waals surface area contributed by atoms with Gasteiger partial charge in [0.2, 0.25) is 0 Å². The molecule has 100 valence electrons. The maximum Gasteiger partial charge on any atom is 0.254 e. The summed E-state index contributed by atoms with van der Waals surface area (Å²) in [6, 6.07) is 8.60. The molecule has 2 heterocycles. The third-order valence-electron chi connectivity index (χ3n) is 4.23. The monoisotopic (exact) mass is 256 g/mol. The lowest BCUT2D eigenvalue weighted by atomic mass is 9.96. The van der Waals surface area contributed by atoms with Gasteiger partial charge in [-0.05, 0) is 57.4 Å². The first kappa shape index (κ1) is 12.3. The minimum atomic E-state index is 0.169. The number of likely N-dealkylation sites (tertiary alicyclic amines) is 1. The quantitative estimate of drug-likeness (QED) is 0.832. The number of aromatic nitrogens is 1. The number of carbonyl (C=O) groups excluding carboxylic acids is 1. The Kier molecular flexibility index (Phi) is 3.05. The molecule has 3 heteroatoms. The van der Waals surface area contributed by atoms with E-state index in [0.717, 1.165) is 29.3 Å². The molecule has 0 unspecified atom stereocenters. The highest BCUT2D eigenvalue weighted by molar-refractivity contribution is 5.98. The predicted octanol–water partition coefficient (Wildman–Crippen LogP) is 3.57. The molecule has 2 aromatic rings. The van der Waals surface area contributed by atoms with Crippen molar-refractivity contribution in [3.05, 3.63) is 36.0 Å². The average molecular weight is 256 g/mol. The van der Waals surface area contributed by atoms with Crippen LogP contribution in [-0.2, 0) is 0 Å². The fourth-order valence-corrected chi connectivity index (χ4v) is 3.16. The number of amides is 1. The van der Waals surface area contributed by atoms with Crippen LogP contribution < -0.4 is 0 Å². The van der Waals surface area contributed by atoms with Crippen LogP contribution in [0.15, 0.2) is 30.5 Å². The normalized spacial score (nSPS) is 23.8. The number of nitrogens with zero attached hydrogens (tertiary/aromatic N) is 1. The molecule has 3 nitrogen and oxygen atoms in total. The van der Waals surface area contributed by atoms with Gasteiger partial charge in [-0.3, -0.25) is 4.79 Å². The third-order valence-corrected chi connectivity index (χ3v) is 4.23. The SMILES string of the molecule is C[C@@H]1CCC[C@H](C)N1C(=O)c1ccc2[nH]ccc2c1. The molecular weight excluding hydrogens is 236 g/mol. The minimum absolute atomic E-state index is 0.169. The standard InChI is InChI=1S/C16H20N2O/c1-11-4-3-5-12(2)18(11)16(19)14-6-7-15-13(10-14)8-9-17-15/h6-12,17H,3-5H2,1-2H3/t11-,12+. The first-order valence-corrected chi connectivity index (χ1v) is 7.06. The van der Waals surface area contributed by atoms with Crippen LogP contribution in [0.1, 0.15) is 43.5 Å². The summed E-state index contributed by atoms with van der Waals surface area (Å²) in [5, 5.41) is 1.10. The Labute approximate surface area is 113 Å². The Morgan fingerprint density at radius 2 is 1.95 bits per heavy atom. The van der Waals surface area contributed by atoms with Crippen LogP contribution in [0.5, 0.6) is 0 Å². The zero-order chi connectivity index (χ0) is 13.4. The van der Waals surface area contributed by atoms with E-state index in [-0.39, 0.29) is 5.91 Å². The van der Waals surface area contributed by atoms with Gasteiger partial charge in [0.1, 0.15) is 0 Å². The van der Waals surface area contributed by atoms with Crippen molar-refractivity contribution in [2.24, 2.45) is 0 Å². The summed E-state index contributed by atoms with van der Waals surface area (Å²) in [5.74, 6) is 0.169. The smallest absolute Gasteiger partial charge is 0.254 e. The molecule has 1 aromatic carbocycles. The summed E-state index contributed by atoms with van der Waals surface area (Å²) in [6.07, 6.45) is 5.36. The van der Waals surface area contributed by atoms with Gasteiger partial charge in [0, 0.05) is 34.7 Å². The van der Waals surface area contributed by atoms with E-state index in [1.807, 2.05) is 30.5 Å². The number of fused-ring (bicyclic) bond motifs is 1. The molecule has 1 aliphatic rings. The molecule has 1 fully saturated rings. The van der Waals surface area contributed by atoms with Gasteiger partial charge < -0.3 is 9.88 Å². The number of hydrogen-bond acceptors (Lipinski definition) is 1. The van der Waals surface area contributed by atoms with E-state index >= 15 is 0 Å². The van der Waals surface area contributed by atoms with Crippen molar-refractivity contribution in [3.63, 3.8) is 0 Å². The highest BCUT2D eigenvalue weighted by Crippen LogP contribution is 2.25. The van der Waals surface area contributed by atoms with Crippen molar-refractivity contribution in [1.29, 1.82) is 0 Å². The lowest BCUT2D eigenvalue weighted by Gasteiger charge is -2.39. The Morgan fingerprint density at radius 1 is 1.21 bits per heavy atom.